The lowest BCUT2D eigenvalue weighted by Crippen LogP contribution is -2.41. The van der Waals surface area contributed by atoms with Crippen molar-refractivity contribution < 1.29 is 28.7 Å². The molecule has 24 heavy (non-hydrogen) atoms. The van der Waals surface area contributed by atoms with Crippen molar-refractivity contribution in [3.63, 3.8) is 0 Å². The van der Waals surface area contributed by atoms with Crippen LogP contribution in [0.2, 0.25) is 0 Å². The average Bonchev–Trinajstić information content (AvgIpc) is 2.55. The Kier molecular flexibility index (Phi) is 3.78. The zero-order valence-electron chi connectivity index (χ0n) is 13.6. The molecule has 0 bridgehead atoms. The Labute approximate surface area is 139 Å². The summed E-state index contributed by atoms with van der Waals surface area (Å²) in [4.78, 5) is 46.7. The van der Waals surface area contributed by atoms with E-state index in [0.717, 1.165) is 11.1 Å². The number of hydrogen-bond acceptors (Lipinski definition) is 6. The number of benzene rings is 1. The first-order chi connectivity index (χ1) is 11.3. The van der Waals surface area contributed by atoms with Gasteiger partial charge in [0.2, 0.25) is 0 Å². The Bertz CT molecular complexity index is 671. The summed E-state index contributed by atoms with van der Waals surface area (Å²) < 4.78 is 9.52. The number of ether oxygens (including phenoxy) is 2. The molecule has 0 aliphatic carbocycles. The van der Waals surface area contributed by atoms with E-state index in [2.05, 4.69) is 0 Å². The first-order valence-electron chi connectivity index (χ1n) is 7.87. The van der Waals surface area contributed by atoms with Crippen molar-refractivity contribution in [3.05, 3.63) is 35.4 Å². The second-order valence-electron chi connectivity index (χ2n) is 6.76. The molecule has 2 saturated heterocycles. The number of rotatable bonds is 2. The highest BCUT2D eigenvalue weighted by molar-refractivity contribution is 5.96. The monoisotopic (exact) mass is 330 g/mol. The van der Waals surface area contributed by atoms with Gasteiger partial charge in [0.1, 0.15) is 0 Å². The van der Waals surface area contributed by atoms with Crippen molar-refractivity contribution in [2.45, 2.75) is 50.4 Å². The largest absolute Gasteiger partial charge is 0.392 e. The minimum atomic E-state index is -0.879. The quantitative estimate of drug-likeness (QED) is 0.608. The van der Waals surface area contributed by atoms with E-state index in [1.807, 2.05) is 0 Å². The van der Waals surface area contributed by atoms with Gasteiger partial charge >= 0.3 is 23.9 Å². The molecule has 6 nitrogen and oxygen atoms in total. The summed E-state index contributed by atoms with van der Waals surface area (Å²) in [6.45, 7) is 3.48. The lowest BCUT2D eigenvalue weighted by Gasteiger charge is -2.33. The van der Waals surface area contributed by atoms with Crippen LogP contribution in [0.4, 0.5) is 0 Å². The van der Waals surface area contributed by atoms with Gasteiger partial charge < -0.3 is 9.47 Å². The van der Waals surface area contributed by atoms with E-state index in [-0.39, 0.29) is 12.8 Å². The maximum atomic E-state index is 12.1. The van der Waals surface area contributed by atoms with Crippen LogP contribution in [0.1, 0.15) is 50.7 Å². The lowest BCUT2D eigenvalue weighted by atomic mass is 9.74. The average molecular weight is 330 g/mol. The topological polar surface area (TPSA) is 86.7 Å². The molecule has 2 heterocycles. The van der Waals surface area contributed by atoms with Crippen molar-refractivity contribution in [1.29, 1.82) is 0 Å². The molecule has 1 aromatic rings. The number of carbonyl (C=O) groups excluding carboxylic acids is 4. The van der Waals surface area contributed by atoms with Crippen LogP contribution in [0, 0.1) is 0 Å². The summed E-state index contributed by atoms with van der Waals surface area (Å²) in [5, 5.41) is 0. The Morgan fingerprint density at radius 1 is 0.708 bits per heavy atom. The second kappa shape index (κ2) is 5.54. The van der Waals surface area contributed by atoms with Crippen molar-refractivity contribution in [2.24, 2.45) is 0 Å². The van der Waals surface area contributed by atoms with Crippen molar-refractivity contribution in [3.8, 4) is 0 Å². The van der Waals surface area contributed by atoms with Crippen LogP contribution >= 0.6 is 0 Å². The van der Waals surface area contributed by atoms with Gasteiger partial charge in [0.05, 0.1) is 10.8 Å². The molecular weight excluding hydrogens is 312 g/mol. The first-order valence-corrected chi connectivity index (χ1v) is 7.87. The lowest BCUT2D eigenvalue weighted by molar-refractivity contribution is -0.170. The van der Waals surface area contributed by atoms with Gasteiger partial charge in [-0.05, 0) is 37.8 Å². The fraction of sp³-hybridized carbons (Fsp3) is 0.444. The molecule has 6 heteroatoms. The van der Waals surface area contributed by atoms with Gasteiger partial charge in [0, 0.05) is 12.8 Å². The molecule has 2 aliphatic rings. The predicted molar refractivity (Wildman–Crippen MR) is 81.8 cm³/mol. The molecule has 0 aromatic heterocycles. The van der Waals surface area contributed by atoms with Crippen LogP contribution in [-0.2, 0) is 39.5 Å². The smallest absolute Gasteiger partial charge is 0.323 e. The van der Waals surface area contributed by atoms with E-state index < -0.39 is 34.7 Å². The summed E-state index contributed by atoms with van der Waals surface area (Å²) in [6, 6.07) is 7.06. The van der Waals surface area contributed by atoms with E-state index in [0.29, 0.717) is 12.8 Å². The summed E-state index contributed by atoms with van der Waals surface area (Å²) >= 11 is 0. The molecule has 0 saturated carbocycles. The summed E-state index contributed by atoms with van der Waals surface area (Å²) in [5.41, 5.74) is -0.299. The molecule has 2 unspecified atom stereocenters. The van der Waals surface area contributed by atoms with Gasteiger partial charge in [0.25, 0.3) is 0 Å². The fourth-order valence-corrected chi connectivity index (χ4v) is 3.17. The van der Waals surface area contributed by atoms with E-state index in [1.54, 1.807) is 38.1 Å². The molecule has 3 rings (SSSR count). The number of cyclic esters (lactones) is 4. The van der Waals surface area contributed by atoms with Crippen LogP contribution in [0.15, 0.2) is 24.3 Å². The third-order valence-corrected chi connectivity index (χ3v) is 5.13. The van der Waals surface area contributed by atoms with E-state index in [9.17, 15) is 19.2 Å². The molecule has 2 atom stereocenters. The van der Waals surface area contributed by atoms with Crippen molar-refractivity contribution in [2.75, 3.05) is 0 Å². The molecule has 1 aromatic carbocycles. The van der Waals surface area contributed by atoms with Crippen LogP contribution in [-0.4, -0.2) is 23.9 Å². The van der Waals surface area contributed by atoms with Crippen LogP contribution in [0.25, 0.3) is 0 Å². The van der Waals surface area contributed by atoms with Gasteiger partial charge in [-0.25, -0.2) is 0 Å². The van der Waals surface area contributed by atoms with E-state index in [1.165, 1.54) is 0 Å². The molecular formula is C18H18O6. The molecule has 0 spiro atoms. The Balaban J connectivity index is 1.88. The zero-order chi connectivity index (χ0) is 17.5. The van der Waals surface area contributed by atoms with Gasteiger partial charge in [-0.3, -0.25) is 19.2 Å². The number of carbonyl (C=O) groups is 4. The van der Waals surface area contributed by atoms with E-state index in [4.69, 9.17) is 9.47 Å². The first kappa shape index (κ1) is 16.4. The molecule has 2 aliphatic heterocycles. The van der Waals surface area contributed by atoms with Crippen LogP contribution in [0.5, 0.6) is 0 Å². The van der Waals surface area contributed by atoms with E-state index >= 15 is 0 Å². The number of esters is 4. The summed E-state index contributed by atoms with van der Waals surface area (Å²) in [6.07, 6.45) is 1.15. The second-order valence-corrected chi connectivity index (χ2v) is 6.76. The Hall–Kier alpha value is -2.50. The maximum Gasteiger partial charge on any atom is 0.323 e. The third kappa shape index (κ3) is 2.52. The van der Waals surface area contributed by atoms with Crippen molar-refractivity contribution >= 4 is 23.9 Å². The molecule has 126 valence electrons. The highest BCUT2D eigenvalue weighted by Crippen LogP contribution is 2.38. The molecule has 0 radical (unpaired) electrons. The van der Waals surface area contributed by atoms with Gasteiger partial charge in [-0.15, -0.1) is 0 Å². The highest BCUT2D eigenvalue weighted by atomic mass is 16.6. The van der Waals surface area contributed by atoms with Crippen LogP contribution in [0.3, 0.4) is 0 Å². The minimum absolute atomic E-state index is 0.191. The molecule has 0 amide bonds. The third-order valence-electron chi connectivity index (χ3n) is 5.13. The standard InChI is InChI=1S/C18H18O6/c1-17(9-7-13(19)23-15(17)21)11-3-5-12(6-4-11)18(2)10-8-14(20)24-16(18)22/h3-6H,7-10H2,1-2H3. The number of hydrogen-bond donors (Lipinski definition) is 0. The maximum absolute atomic E-state index is 12.1. The van der Waals surface area contributed by atoms with Crippen molar-refractivity contribution in [1.82, 2.24) is 0 Å². The van der Waals surface area contributed by atoms with Gasteiger partial charge in [-0.2, -0.15) is 0 Å². The minimum Gasteiger partial charge on any atom is -0.392 e. The zero-order valence-corrected chi connectivity index (χ0v) is 13.6. The van der Waals surface area contributed by atoms with Gasteiger partial charge in [0.15, 0.2) is 0 Å². The highest BCUT2D eigenvalue weighted by Gasteiger charge is 2.44. The van der Waals surface area contributed by atoms with Gasteiger partial charge in [-0.1, -0.05) is 24.3 Å². The Morgan fingerprint density at radius 3 is 1.33 bits per heavy atom. The molecule has 2 fully saturated rings. The molecule has 0 N–H and O–H groups in total. The Morgan fingerprint density at radius 2 is 1.04 bits per heavy atom. The summed E-state index contributed by atoms with van der Waals surface area (Å²) in [7, 11) is 0. The van der Waals surface area contributed by atoms with Crippen LogP contribution < -0.4 is 0 Å². The fourth-order valence-electron chi connectivity index (χ4n) is 3.17. The normalized spacial score (nSPS) is 30.8. The SMILES string of the molecule is CC1(c2ccc(C3(C)CCC(=O)OC3=O)cc2)CCC(=O)OC1=O. The predicted octanol–water partition coefficient (Wildman–Crippen LogP) is 1.93. The summed E-state index contributed by atoms with van der Waals surface area (Å²) in [5.74, 6) is -2.12.